The third-order valence-electron chi connectivity index (χ3n) is 3.36. The van der Waals surface area contributed by atoms with Gasteiger partial charge in [-0.15, -0.1) is 21.5 Å². The molecule has 0 saturated carbocycles. The summed E-state index contributed by atoms with van der Waals surface area (Å²) in [4.78, 5) is -0.396. The van der Waals surface area contributed by atoms with Gasteiger partial charge in [0.15, 0.2) is 0 Å². The quantitative estimate of drug-likeness (QED) is 0.782. The number of benzene rings is 1. The minimum absolute atomic E-state index is 0.396. The zero-order valence-electron chi connectivity index (χ0n) is 12.8. The van der Waals surface area contributed by atoms with Crippen molar-refractivity contribution in [2.24, 2.45) is 0 Å². The molecule has 24 heavy (non-hydrogen) atoms. The molecule has 0 saturated heterocycles. The number of hydrogen-bond donors (Lipinski definition) is 0. The molecule has 0 fully saturated rings. The Morgan fingerprint density at radius 1 is 1.29 bits per heavy atom. The molecule has 5 nitrogen and oxygen atoms in total. The molecular formula is C13H13ClF3N3O2S2. The summed E-state index contributed by atoms with van der Waals surface area (Å²) in [6.07, 6.45) is -4.60. The number of alkyl halides is 3. The predicted octanol–water partition coefficient (Wildman–Crippen LogP) is 3.90. The first-order valence-electron chi connectivity index (χ1n) is 6.59. The molecule has 0 aliphatic heterocycles. The maximum atomic E-state index is 12.7. The van der Waals surface area contributed by atoms with E-state index in [1.807, 2.05) is 0 Å². The highest BCUT2D eigenvalue weighted by atomic mass is 35.5. The summed E-state index contributed by atoms with van der Waals surface area (Å²) >= 11 is 7.02. The van der Waals surface area contributed by atoms with E-state index in [1.165, 1.54) is 18.4 Å². The van der Waals surface area contributed by atoms with Crippen molar-refractivity contribution in [1.82, 2.24) is 14.5 Å². The lowest BCUT2D eigenvalue weighted by molar-refractivity contribution is -0.137. The van der Waals surface area contributed by atoms with Crippen LogP contribution in [0.5, 0.6) is 0 Å². The van der Waals surface area contributed by atoms with Crippen LogP contribution in [0.1, 0.15) is 28.5 Å². The Bertz CT molecular complexity index is 852. The second-order valence-corrected chi connectivity index (χ2v) is 8.59. The molecule has 0 N–H and O–H groups in total. The number of sulfonamides is 1. The van der Waals surface area contributed by atoms with Crippen molar-refractivity contribution >= 4 is 33.0 Å². The van der Waals surface area contributed by atoms with Gasteiger partial charge in [0.25, 0.3) is 0 Å². The van der Waals surface area contributed by atoms with Crippen LogP contribution >= 0.6 is 22.9 Å². The lowest BCUT2D eigenvalue weighted by atomic mass is 10.2. The number of rotatable bonds is 4. The van der Waals surface area contributed by atoms with Crippen molar-refractivity contribution in [2.75, 3.05) is 7.05 Å². The average molecular weight is 400 g/mol. The van der Waals surface area contributed by atoms with Crippen LogP contribution in [0, 0.1) is 6.92 Å². The maximum absolute atomic E-state index is 12.7. The van der Waals surface area contributed by atoms with Gasteiger partial charge >= 0.3 is 6.18 Å². The molecule has 0 radical (unpaired) electrons. The number of halogens is 4. The second kappa shape index (κ2) is 6.58. The van der Waals surface area contributed by atoms with Gasteiger partial charge in [-0.3, -0.25) is 0 Å². The van der Waals surface area contributed by atoms with Crippen LogP contribution in [0.3, 0.4) is 0 Å². The minimum atomic E-state index is -4.60. The number of hydrogen-bond acceptors (Lipinski definition) is 5. The van der Waals surface area contributed by atoms with Crippen LogP contribution in [-0.4, -0.2) is 30.0 Å². The molecule has 0 unspecified atom stereocenters. The van der Waals surface area contributed by atoms with Crippen LogP contribution in [-0.2, 0) is 16.2 Å². The van der Waals surface area contributed by atoms with E-state index in [4.69, 9.17) is 11.6 Å². The van der Waals surface area contributed by atoms with Crippen molar-refractivity contribution in [2.45, 2.75) is 31.0 Å². The van der Waals surface area contributed by atoms with E-state index in [-0.39, 0.29) is 0 Å². The summed E-state index contributed by atoms with van der Waals surface area (Å²) in [6.45, 7) is 3.34. The highest BCUT2D eigenvalue weighted by Crippen LogP contribution is 2.35. The first-order valence-corrected chi connectivity index (χ1v) is 9.23. The third-order valence-corrected chi connectivity index (χ3v) is 6.78. The van der Waals surface area contributed by atoms with Gasteiger partial charge in [0, 0.05) is 7.05 Å². The van der Waals surface area contributed by atoms with Crippen molar-refractivity contribution in [3.05, 3.63) is 38.8 Å². The standard InChI is InChI=1S/C13H13ClF3N3O2S2/c1-7(12-19-18-8(2)23-12)20(3)24(21,22)11-5-4-9(6-10(11)14)13(15,16)17/h4-7H,1-3H3/t7-/m0/s1. The lowest BCUT2D eigenvalue weighted by Crippen LogP contribution is -2.30. The van der Waals surface area contributed by atoms with Crippen LogP contribution < -0.4 is 0 Å². The van der Waals surface area contributed by atoms with Gasteiger partial charge in [0.2, 0.25) is 10.0 Å². The summed E-state index contributed by atoms with van der Waals surface area (Å²) < 4.78 is 64.3. The Morgan fingerprint density at radius 3 is 2.38 bits per heavy atom. The molecule has 1 atom stereocenters. The SMILES string of the molecule is Cc1nnc([C@H](C)N(C)S(=O)(=O)c2ccc(C(F)(F)F)cc2Cl)s1. The Balaban J connectivity index is 2.39. The van der Waals surface area contributed by atoms with E-state index in [0.29, 0.717) is 22.1 Å². The Labute approximate surface area is 146 Å². The molecule has 0 amide bonds. The Hall–Kier alpha value is -1.23. The normalized spacial score (nSPS) is 14.2. The monoisotopic (exact) mass is 399 g/mol. The number of aromatic nitrogens is 2. The summed E-state index contributed by atoms with van der Waals surface area (Å²) in [5.41, 5.74) is -1.01. The third kappa shape index (κ3) is 3.71. The molecule has 2 rings (SSSR count). The second-order valence-electron chi connectivity index (χ2n) is 5.00. The lowest BCUT2D eigenvalue weighted by Gasteiger charge is -2.23. The molecule has 11 heteroatoms. The Morgan fingerprint density at radius 2 is 1.92 bits per heavy atom. The maximum Gasteiger partial charge on any atom is 0.416 e. The molecule has 1 aromatic carbocycles. The smallest absolute Gasteiger partial charge is 0.207 e. The zero-order chi connectivity index (χ0) is 18.3. The van der Waals surface area contributed by atoms with Crippen LogP contribution in [0.2, 0.25) is 5.02 Å². The van der Waals surface area contributed by atoms with Gasteiger partial charge in [-0.1, -0.05) is 11.6 Å². The molecule has 0 bridgehead atoms. The molecule has 0 spiro atoms. The van der Waals surface area contributed by atoms with Crippen molar-refractivity contribution in [1.29, 1.82) is 0 Å². The highest BCUT2D eigenvalue weighted by molar-refractivity contribution is 7.89. The molecule has 2 aromatic rings. The van der Waals surface area contributed by atoms with Crippen molar-refractivity contribution < 1.29 is 21.6 Å². The van der Waals surface area contributed by atoms with Gasteiger partial charge in [0.05, 0.1) is 16.6 Å². The fourth-order valence-corrected chi connectivity index (χ4v) is 4.59. The van der Waals surface area contributed by atoms with Gasteiger partial charge < -0.3 is 0 Å². The summed E-state index contributed by atoms with van der Waals surface area (Å²) in [5, 5.41) is 8.38. The molecule has 1 aromatic heterocycles. The van der Waals surface area contributed by atoms with E-state index in [2.05, 4.69) is 10.2 Å². The summed E-state index contributed by atoms with van der Waals surface area (Å²) in [7, 11) is -2.79. The zero-order valence-corrected chi connectivity index (χ0v) is 15.2. The number of aryl methyl sites for hydroxylation is 1. The first kappa shape index (κ1) is 19.1. The van der Waals surface area contributed by atoms with Gasteiger partial charge in [-0.2, -0.15) is 17.5 Å². The highest BCUT2D eigenvalue weighted by Gasteiger charge is 2.34. The topological polar surface area (TPSA) is 63.2 Å². The van der Waals surface area contributed by atoms with E-state index >= 15 is 0 Å². The van der Waals surface area contributed by atoms with Crippen LogP contribution in [0.4, 0.5) is 13.2 Å². The van der Waals surface area contributed by atoms with E-state index in [9.17, 15) is 21.6 Å². The number of nitrogens with zero attached hydrogens (tertiary/aromatic N) is 3. The van der Waals surface area contributed by atoms with Crippen molar-refractivity contribution in [3.8, 4) is 0 Å². The van der Waals surface area contributed by atoms with Crippen molar-refractivity contribution in [3.63, 3.8) is 0 Å². The molecule has 132 valence electrons. The largest absolute Gasteiger partial charge is 0.416 e. The molecular weight excluding hydrogens is 387 g/mol. The van der Waals surface area contributed by atoms with Crippen LogP contribution in [0.15, 0.2) is 23.1 Å². The minimum Gasteiger partial charge on any atom is -0.207 e. The molecule has 0 aliphatic carbocycles. The predicted molar refractivity (Wildman–Crippen MR) is 84.5 cm³/mol. The van der Waals surface area contributed by atoms with E-state index in [0.717, 1.165) is 10.4 Å². The van der Waals surface area contributed by atoms with Crippen LogP contribution in [0.25, 0.3) is 0 Å². The van der Waals surface area contributed by atoms with Gasteiger partial charge in [0.1, 0.15) is 14.9 Å². The van der Waals surface area contributed by atoms with E-state index in [1.54, 1.807) is 13.8 Å². The molecule has 0 aliphatic rings. The summed E-state index contributed by atoms with van der Waals surface area (Å²) in [5.74, 6) is 0. The molecule has 1 heterocycles. The fourth-order valence-electron chi connectivity index (χ4n) is 1.89. The van der Waals surface area contributed by atoms with Gasteiger partial charge in [-0.05, 0) is 32.0 Å². The van der Waals surface area contributed by atoms with E-state index < -0.39 is 37.7 Å². The summed E-state index contributed by atoms with van der Waals surface area (Å²) in [6, 6.07) is 1.50. The fraction of sp³-hybridized carbons (Fsp3) is 0.385. The Kier molecular flexibility index (Phi) is 5.24. The average Bonchev–Trinajstić information content (AvgIpc) is 2.91. The first-order chi connectivity index (χ1) is 10.9. The van der Waals surface area contributed by atoms with Gasteiger partial charge in [-0.25, -0.2) is 8.42 Å².